The van der Waals surface area contributed by atoms with Crippen molar-refractivity contribution in [2.45, 2.75) is 13.8 Å². The fourth-order valence-electron chi connectivity index (χ4n) is 2.69. The summed E-state index contributed by atoms with van der Waals surface area (Å²) >= 11 is 3.30. The van der Waals surface area contributed by atoms with Crippen LogP contribution in [-0.2, 0) is 4.79 Å². The van der Waals surface area contributed by atoms with Crippen LogP contribution in [0, 0.1) is 35.3 Å². The fourth-order valence-corrected chi connectivity index (χ4v) is 3.25. The lowest BCUT2D eigenvalue weighted by Gasteiger charge is -2.10. The first-order chi connectivity index (χ1) is 13.8. The van der Waals surface area contributed by atoms with Gasteiger partial charge >= 0.3 is 0 Å². The van der Waals surface area contributed by atoms with Crippen LogP contribution in [0.2, 0.25) is 0 Å². The predicted octanol–water partition coefficient (Wildman–Crippen LogP) is 4.71. The molecule has 146 valence electrons. The van der Waals surface area contributed by atoms with Crippen molar-refractivity contribution in [2.75, 3.05) is 5.43 Å². The van der Waals surface area contributed by atoms with Gasteiger partial charge in [-0.05, 0) is 60.1 Å². The lowest BCUT2D eigenvalue weighted by Crippen LogP contribution is -2.25. The Labute approximate surface area is 174 Å². The Morgan fingerprint density at radius 1 is 1.24 bits per heavy atom. The summed E-state index contributed by atoms with van der Waals surface area (Å²) in [6.45, 7) is 3.67. The molecule has 2 heterocycles. The van der Waals surface area contributed by atoms with Gasteiger partial charge in [-0.3, -0.25) is 25.0 Å². The molecule has 3 aromatic rings. The third-order valence-electron chi connectivity index (χ3n) is 4.19. The van der Waals surface area contributed by atoms with Crippen LogP contribution in [-0.4, -0.2) is 15.5 Å². The minimum atomic E-state index is -0.565. The number of aromatic nitrogens is 1. The van der Waals surface area contributed by atoms with Crippen LogP contribution >= 0.6 is 15.9 Å². The second-order valence-corrected chi connectivity index (χ2v) is 7.04. The number of amides is 1. The van der Waals surface area contributed by atoms with E-state index in [0.717, 1.165) is 11.4 Å². The monoisotopic (exact) mass is 454 g/mol. The fraction of sp³-hybridized carbons (Fsp3) is 0.100. The zero-order valence-electron chi connectivity index (χ0n) is 15.5. The summed E-state index contributed by atoms with van der Waals surface area (Å²) < 4.78 is 7.79. The Balaban J connectivity index is 1.85. The highest BCUT2D eigenvalue weighted by Gasteiger charge is 2.15. The molecule has 0 aliphatic rings. The molecule has 1 N–H and O–H groups in total. The first kappa shape index (κ1) is 20.1. The van der Waals surface area contributed by atoms with Crippen molar-refractivity contribution in [1.29, 1.82) is 5.26 Å². The van der Waals surface area contributed by atoms with Crippen molar-refractivity contribution in [3.05, 3.63) is 79.8 Å². The lowest BCUT2D eigenvalue weighted by atomic mass is 10.1. The maximum Gasteiger partial charge on any atom is 0.280 e. The molecular formula is C20H15BrN4O4. The highest BCUT2D eigenvalue weighted by Crippen LogP contribution is 2.33. The number of benzene rings is 1. The second kappa shape index (κ2) is 8.16. The average molecular weight is 455 g/mol. The normalized spacial score (nSPS) is 11.2. The number of non-ortho nitro benzene ring substituents is 1. The molecule has 0 atom stereocenters. The second-order valence-electron chi connectivity index (χ2n) is 6.19. The summed E-state index contributed by atoms with van der Waals surface area (Å²) in [6, 6.07) is 13.2. The molecule has 0 spiro atoms. The number of nitrogens with one attached hydrogen (secondary N) is 1. The number of hydrogen-bond donors (Lipinski definition) is 1. The van der Waals surface area contributed by atoms with E-state index in [9.17, 15) is 20.2 Å². The summed E-state index contributed by atoms with van der Waals surface area (Å²) in [6.07, 6.45) is 1.34. The molecular weight excluding hydrogens is 440 g/mol. The molecule has 0 unspecified atom stereocenters. The number of aryl methyl sites for hydroxylation is 2. The van der Waals surface area contributed by atoms with Crippen LogP contribution in [0.15, 0.2) is 56.9 Å². The first-order valence-corrected chi connectivity index (χ1v) is 9.21. The molecule has 0 bridgehead atoms. The van der Waals surface area contributed by atoms with E-state index in [-0.39, 0.29) is 11.3 Å². The number of nitro groups is 1. The van der Waals surface area contributed by atoms with Gasteiger partial charge in [0.2, 0.25) is 0 Å². The van der Waals surface area contributed by atoms with Crippen molar-refractivity contribution in [1.82, 2.24) is 4.68 Å². The molecule has 0 aliphatic carbocycles. The topological polar surface area (TPSA) is 114 Å². The van der Waals surface area contributed by atoms with E-state index < -0.39 is 10.8 Å². The van der Waals surface area contributed by atoms with Crippen molar-refractivity contribution in [2.24, 2.45) is 0 Å². The molecule has 1 amide bonds. The maximum atomic E-state index is 12.4. The maximum absolute atomic E-state index is 12.4. The SMILES string of the molecule is Cc1ccc(C)n1NC(=O)/C(C#N)=C\c1ccc(-c2ccc([N+](=O)[O-])cc2Br)o1. The number of furan rings is 1. The van der Waals surface area contributed by atoms with Crippen LogP contribution in [0.25, 0.3) is 17.4 Å². The van der Waals surface area contributed by atoms with Gasteiger partial charge in [0.15, 0.2) is 0 Å². The molecule has 0 radical (unpaired) electrons. The van der Waals surface area contributed by atoms with E-state index in [2.05, 4.69) is 21.4 Å². The Bertz CT molecular complexity index is 1160. The van der Waals surface area contributed by atoms with Crippen LogP contribution in [0.1, 0.15) is 17.1 Å². The van der Waals surface area contributed by atoms with Gasteiger partial charge in [-0.1, -0.05) is 0 Å². The number of carbonyl (C=O) groups excluding carboxylic acids is 1. The molecule has 8 nitrogen and oxygen atoms in total. The molecule has 1 aromatic carbocycles. The Morgan fingerprint density at radius 2 is 1.93 bits per heavy atom. The molecule has 0 aliphatic heterocycles. The lowest BCUT2D eigenvalue weighted by molar-refractivity contribution is -0.384. The van der Waals surface area contributed by atoms with E-state index >= 15 is 0 Å². The van der Waals surface area contributed by atoms with Crippen LogP contribution in [0.5, 0.6) is 0 Å². The largest absolute Gasteiger partial charge is 0.457 e. The highest BCUT2D eigenvalue weighted by atomic mass is 79.9. The standard InChI is InChI=1S/C20H15BrN4O4/c1-12-3-4-13(2)24(12)23-20(26)14(11-22)9-16-6-8-19(29-16)17-7-5-15(25(27)28)10-18(17)21/h3-10H,1-2H3,(H,23,26)/b14-9-. The van der Waals surface area contributed by atoms with Gasteiger partial charge in [0.25, 0.3) is 11.6 Å². The van der Waals surface area contributed by atoms with E-state index in [1.807, 2.05) is 32.0 Å². The van der Waals surface area contributed by atoms with E-state index in [0.29, 0.717) is 21.6 Å². The first-order valence-electron chi connectivity index (χ1n) is 8.42. The van der Waals surface area contributed by atoms with Gasteiger partial charge in [-0.25, -0.2) is 0 Å². The van der Waals surface area contributed by atoms with Gasteiger partial charge in [0.1, 0.15) is 23.2 Å². The van der Waals surface area contributed by atoms with Crippen molar-refractivity contribution >= 4 is 33.6 Å². The molecule has 2 aromatic heterocycles. The predicted molar refractivity (Wildman–Crippen MR) is 110 cm³/mol. The number of halogens is 1. The number of nitriles is 1. The van der Waals surface area contributed by atoms with Gasteiger partial charge in [0, 0.05) is 39.6 Å². The minimum Gasteiger partial charge on any atom is -0.457 e. The number of rotatable bonds is 5. The van der Waals surface area contributed by atoms with E-state index in [4.69, 9.17) is 4.42 Å². The van der Waals surface area contributed by atoms with E-state index in [1.165, 1.54) is 18.2 Å². The third-order valence-corrected chi connectivity index (χ3v) is 4.85. The molecule has 0 saturated carbocycles. The Morgan fingerprint density at radius 3 is 2.52 bits per heavy atom. The van der Waals surface area contributed by atoms with Gasteiger partial charge in [-0.2, -0.15) is 5.26 Å². The Kier molecular flexibility index (Phi) is 5.66. The summed E-state index contributed by atoms with van der Waals surface area (Å²) in [4.78, 5) is 22.8. The van der Waals surface area contributed by atoms with Crippen LogP contribution in [0.3, 0.4) is 0 Å². The summed E-state index contributed by atoms with van der Waals surface area (Å²) in [5.41, 5.74) is 4.76. The molecule has 3 rings (SSSR count). The number of carbonyl (C=O) groups is 1. The quantitative estimate of drug-likeness (QED) is 0.259. The summed E-state index contributed by atoms with van der Waals surface area (Å²) in [7, 11) is 0. The van der Waals surface area contributed by atoms with Crippen molar-refractivity contribution < 1.29 is 14.1 Å². The third kappa shape index (κ3) is 4.28. The van der Waals surface area contributed by atoms with Crippen LogP contribution in [0.4, 0.5) is 5.69 Å². The van der Waals surface area contributed by atoms with Gasteiger partial charge in [-0.15, -0.1) is 0 Å². The van der Waals surface area contributed by atoms with Crippen molar-refractivity contribution in [3.8, 4) is 17.4 Å². The molecule has 0 saturated heterocycles. The summed E-state index contributed by atoms with van der Waals surface area (Å²) in [5, 5.41) is 20.2. The zero-order chi connectivity index (χ0) is 21.1. The minimum absolute atomic E-state index is 0.0497. The highest BCUT2D eigenvalue weighted by molar-refractivity contribution is 9.10. The molecule has 29 heavy (non-hydrogen) atoms. The van der Waals surface area contributed by atoms with Gasteiger partial charge < -0.3 is 4.42 Å². The van der Waals surface area contributed by atoms with Gasteiger partial charge in [0.05, 0.1) is 4.92 Å². The van der Waals surface area contributed by atoms with E-state index in [1.54, 1.807) is 22.9 Å². The van der Waals surface area contributed by atoms with Crippen LogP contribution < -0.4 is 5.43 Å². The Hall–Kier alpha value is -3.64. The average Bonchev–Trinajstić information content (AvgIpc) is 3.27. The molecule has 0 fully saturated rings. The number of hydrogen-bond acceptors (Lipinski definition) is 5. The summed E-state index contributed by atoms with van der Waals surface area (Å²) in [5.74, 6) is 0.176. The molecule has 9 heteroatoms. The number of nitrogens with zero attached hydrogens (tertiary/aromatic N) is 3. The number of nitro benzene ring substituents is 1. The zero-order valence-corrected chi connectivity index (χ0v) is 17.1. The van der Waals surface area contributed by atoms with Crippen molar-refractivity contribution in [3.63, 3.8) is 0 Å². The smallest absolute Gasteiger partial charge is 0.280 e.